The number of carboxylic acid groups (broad SMARTS) is 1. The van der Waals surface area contributed by atoms with Crippen molar-refractivity contribution >= 4 is 5.97 Å². The van der Waals surface area contributed by atoms with E-state index in [2.05, 4.69) is 10.5 Å². The number of carbonyl (C=O) groups is 1. The first kappa shape index (κ1) is 20.8. The van der Waals surface area contributed by atoms with E-state index in [0.717, 1.165) is 44.0 Å². The predicted octanol–water partition coefficient (Wildman–Crippen LogP) is 3.16. The summed E-state index contributed by atoms with van der Waals surface area (Å²) >= 11 is 0. The summed E-state index contributed by atoms with van der Waals surface area (Å²) in [4.78, 5) is 20.2. The Morgan fingerprint density at radius 1 is 1.30 bits per heavy atom. The molecule has 1 fully saturated rings. The Balaban J connectivity index is 0.000000596. The van der Waals surface area contributed by atoms with Crippen molar-refractivity contribution in [2.75, 3.05) is 6.54 Å². The molecule has 3 N–H and O–H groups in total. The standard InChI is InChI=1S/C16H17F3N2O2.C2H4O2/c17-16(18,19)12-3-1-10(2-4-12)7-13-8-11(5-6-20-13)14-9-15(22)21-23-14;1-2(3)4/h1-4,9,11,13,20H,5-8H2,(H,21,22);1H3,(H,3,4)/t11-,13-;/m0./s1. The van der Waals surface area contributed by atoms with Crippen molar-refractivity contribution in [3.8, 4) is 0 Å². The number of halogens is 3. The highest BCUT2D eigenvalue weighted by Crippen LogP contribution is 2.30. The lowest BCUT2D eigenvalue weighted by molar-refractivity contribution is -0.137. The second-order valence-electron chi connectivity index (χ2n) is 6.41. The van der Waals surface area contributed by atoms with E-state index in [1.807, 2.05) is 0 Å². The van der Waals surface area contributed by atoms with Crippen LogP contribution in [0, 0.1) is 0 Å². The molecule has 1 aliphatic heterocycles. The predicted molar refractivity (Wildman–Crippen MR) is 91.6 cm³/mol. The first-order valence-corrected chi connectivity index (χ1v) is 8.42. The number of aliphatic carboxylic acids is 1. The third-order valence-corrected chi connectivity index (χ3v) is 4.20. The highest BCUT2D eigenvalue weighted by Gasteiger charge is 2.30. The minimum atomic E-state index is -4.31. The summed E-state index contributed by atoms with van der Waals surface area (Å²) in [6.07, 6.45) is -2.02. The zero-order valence-corrected chi connectivity index (χ0v) is 14.7. The second kappa shape index (κ2) is 8.90. The number of nitrogens with one attached hydrogen (secondary N) is 2. The number of aromatic amines is 1. The lowest BCUT2D eigenvalue weighted by atomic mass is 9.87. The molecule has 0 amide bonds. The van der Waals surface area contributed by atoms with Crippen LogP contribution < -0.4 is 10.9 Å². The Bertz CT molecular complexity index is 792. The molecule has 1 aromatic carbocycles. The minimum Gasteiger partial charge on any atom is -0.481 e. The average molecular weight is 386 g/mol. The molecule has 6 nitrogen and oxygen atoms in total. The lowest BCUT2D eigenvalue weighted by Crippen LogP contribution is -2.38. The molecule has 0 radical (unpaired) electrons. The second-order valence-corrected chi connectivity index (χ2v) is 6.41. The van der Waals surface area contributed by atoms with Crippen LogP contribution in [0.4, 0.5) is 13.2 Å². The van der Waals surface area contributed by atoms with Gasteiger partial charge >= 0.3 is 6.18 Å². The van der Waals surface area contributed by atoms with E-state index in [9.17, 15) is 18.0 Å². The Morgan fingerprint density at radius 3 is 2.44 bits per heavy atom. The van der Waals surface area contributed by atoms with Crippen molar-refractivity contribution in [2.24, 2.45) is 0 Å². The van der Waals surface area contributed by atoms with Crippen LogP contribution in [0.3, 0.4) is 0 Å². The van der Waals surface area contributed by atoms with E-state index >= 15 is 0 Å². The quantitative estimate of drug-likeness (QED) is 0.753. The largest absolute Gasteiger partial charge is 0.481 e. The van der Waals surface area contributed by atoms with Gasteiger partial charge in [0.25, 0.3) is 11.5 Å². The van der Waals surface area contributed by atoms with Crippen molar-refractivity contribution in [1.82, 2.24) is 10.5 Å². The van der Waals surface area contributed by atoms with Gasteiger partial charge in [0.2, 0.25) is 0 Å². The van der Waals surface area contributed by atoms with E-state index in [1.54, 1.807) is 0 Å². The van der Waals surface area contributed by atoms with E-state index in [4.69, 9.17) is 14.4 Å². The summed E-state index contributed by atoms with van der Waals surface area (Å²) in [5.41, 5.74) is -0.0330. The Labute approximate surface area is 153 Å². The van der Waals surface area contributed by atoms with Gasteiger partial charge in [0, 0.05) is 24.9 Å². The Kier molecular flexibility index (Phi) is 6.84. The van der Waals surface area contributed by atoms with Crippen molar-refractivity contribution in [3.05, 3.63) is 57.6 Å². The van der Waals surface area contributed by atoms with Gasteiger partial charge in [-0.3, -0.25) is 9.59 Å². The molecule has 0 spiro atoms. The molecule has 1 aromatic heterocycles. The zero-order valence-electron chi connectivity index (χ0n) is 14.7. The first-order valence-electron chi connectivity index (χ1n) is 8.42. The normalized spacial score (nSPS) is 19.9. The number of benzene rings is 1. The van der Waals surface area contributed by atoms with E-state index < -0.39 is 17.7 Å². The fraction of sp³-hybridized carbons (Fsp3) is 0.444. The maximum Gasteiger partial charge on any atom is 0.416 e. The molecule has 148 valence electrons. The van der Waals surface area contributed by atoms with Gasteiger partial charge in [0.1, 0.15) is 5.76 Å². The van der Waals surface area contributed by atoms with Crippen LogP contribution in [-0.2, 0) is 17.4 Å². The van der Waals surface area contributed by atoms with Crippen LogP contribution in [0.15, 0.2) is 39.6 Å². The van der Waals surface area contributed by atoms with Crippen LogP contribution in [0.25, 0.3) is 0 Å². The smallest absolute Gasteiger partial charge is 0.416 e. The highest BCUT2D eigenvalue weighted by atomic mass is 19.4. The molecule has 3 rings (SSSR count). The monoisotopic (exact) mass is 386 g/mol. The van der Waals surface area contributed by atoms with Gasteiger partial charge in [0.15, 0.2) is 0 Å². The van der Waals surface area contributed by atoms with Gasteiger partial charge < -0.3 is 14.9 Å². The van der Waals surface area contributed by atoms with Crippen LogP contribution in [0.5, 0.6) is 0 Å². The number of carboxylic acids is 1. The maximum atomic E-state index is 12.6. The number of alkyl halides is 3. The summed E-state index contributed by atoms with van der Waals surface area (Å²) in [5.74, 6) is -0.0384. The number of hydrogen-bond acceptors (Lipinski definition) is 4. The number of piperidine rings is 1. The van der Waals surface area contributed by atoms with Gasteiger partial charge in [-0.05, 0) is 43.5 Å². The summed E-state index contributed by atoms with van der Waals surface area (Å²) in [6.45, 7) is 1.87. The van der Waals surface area contributed by atoms with E-state index in [1.165, 1.54) is 18.2 Å². The Hall–Kier alpha value is -2.55. The molecule has 27 heavy (non-hydrogen) atoms. The van der Waals surface area contributed by atoms with Crippen LogP contribution in [0.2, 0.25) is 0 Å². The molecule has 0 bridgehead atoms. The van der Waals surface area contributed by atoms with Gasteiger partial charge in [-0.25, -0.2) is 0 Å². The van der Waals surface area contributed by atoms with Crippen molar-refractivity contribution in [1.29, 1.82) is 0 Å². The molecule has 0 unspecified atom stereocenters. The molecule has 1 aliphatic rings. The summed E-state index contributed by atoms with van der Waals surface area (Å²) in [6, 6.07) is 6.87. The molecule has 0 aliphatic carbocycles. The van der Waals surface area contributed by atoms with E-state index in [0.29, 0.717) is 12.2 Å². The number of rotatable bonds is 3. The van der Waals surface area contributed by atoms with Gasteiger partial charge in [0.05, 0.1) is 5.56 Å². The van der Waals surface area contributed by atoms with E-state index in [-0.39, 0.29) is 17.5 Å². The summed E-state index contributed by atoms with van der Waals surface area (Å²) < 4.78 is 42.9. The molecule has 0 saturated carbocycles. The lowest BCUT2D eigenvalue weighted by Gasteiger charge is -2.29. The molecule has 9 heteroatoms. The number of H-pyrrole nitrogens is 1. The van der Waals surface area contributed by atoms with Crippen LogP contribution in [-0.4, -0.2) is 28.8 Å². The number of hydrogen-bond donors (Lipinski definition) is 3. The topological polar surface area (TPSA) is 95.3 Å². The number of aromatic nitrogens is 1. The van der Waals surface area contributed by atoms with Crippen molar-refractivity contribution in [2.45, 2.75) is 44.3 Å². The average Bonchev–Trinajstić information content (AvgIpc) is 3.01. The molecule has 2 aromatic rings. The SMILES string of the molecule is CC(=O)O.O=c1cc([C@H]2CCN[C@@H](Cc3ccc(C(F)(F)F)cc3)C2)o[nH]1. The summed E-state index contributed by atoms with van der Waals surface area (Å²) in [7, 11) is 0. The summed E-state index contributed by atoms with van der Waals surface area (Å²) in [5, 5.41) is 13.1. The third kappa shape index (κ3) is 6.59. The fourth-order valence-corrected chi connectivity index (χ4v) is 3.03. The van der Waals surface area contributed by atoms with Gasteiger partial charge in [-0.15, -0.1) is 0 Å². The fourth-order valence-electron chi connectivity index (χ4n) is 3.03. The van der Waals surface area contributed by atoms with Gasteiger partial charge in [-0.2, -0.15) is 18.3 Å². The highest BCUT2D eigenvalue weighted by molar-refractivity contribution is 5.62. The molecule has 2 atom stereocenters. The van der Waals surface area contributed by atoms with Crippen LogP contribution >= 0.6 is 0 Å². The van der Waals surface area contributed by atoms with Crippen molar-refractivity contribution < 1.29 is 27.6 Å². The molecule has 2 heterocycles. The van der Waals surface area contributed by atoms with Crippen LogP contribution in [0.1, 0.15) is 42.6 Å². The van der Waals surface area contributed by atoms with Gasteiger partial charge in [-0.1, -0.05) is 12.1 Å². The molecular weight excluding hydrogens is 365 g/mol. The molecular formula is C18H21F3N2O4. The third-order valence-electron chi connectivity index (χ3n) is 4.20. The first-order chi connectivity index (χ1) is 12.6. The van der Waals surface area contributed by atoms with Crippen molar-refractivity contribution in [3.63, 3.8) is 0 Å². The molecule has 1 saturated heterocycles. The maximum absolute atomic E-state index is 12.6. The zero-order chi connectivity index (χ0) is 20.0. The Morgan fingerprint density at radius 2 is 1.93 bits per heavy atom. The minimum absolute atomic E-state index is 0.144.